The largest absolute Gasteiger partial charge is 0.463 e. The Hall–Kier alpha value is -1.58. The maximum atomic E-state index is 10.7. The maximum absolute atomic E-state index is 10.7. The van der Waals surface area contributed by atoms with Crippen LogP contribution in [0.1, 0.15) is 71.1 Å². The van der Waals surface area contributed by atoms with Crippen molar-refractivity contribution in [3.8, 4) is 0 Å². The van der Waals surface area contributed by atoms with E-state index in [1.54, 1.807) is 12.5 Å². The van der Waals surface area contributed by atoms with Crippen molar-refractivity contribution in [2.24, 2.45) is 7.05 Å². The van der Waals surface area contributed by atoms with Gasteiger partial charge in [-0.15, -0.1) is 0 Å². The summed E-state index contributed by atoms with van der Waals surface area (Å²) in [5, 5.41) is 0. The number of carbonyl (C=O) groups excluding carboxylic acids is 1. The lowest BCUT2D eigenvalue weighted by Gasteiger charge is -2.03. The average Bonchev–Trinajstić information content (AvgIpc) is 3.04. The summed E-state index contributed by atoms with van der Waals surface area (Å²) < 4.78 is 6.80. The lowest BCUT2D eigenvalue weighted by atomic mass is 10.1. The molecular formula is C19H34N2O2. The lowest BCUT2D eigenvalue weighted by Crippen LogP contribution is -2.01. The summed E-state index contributed by atoms with van der Waals surface area (Å²) >= 11 is 0. The fourth-order valence-corrected chi connectivity index (χ4v) is 2.15. The minimum Gasteiger partial charge on any atom is -0.463 e. The highest BCUT2D eigenvalue weighted by Crippen LogP contribution is 2.10. The van der Waals surface area contributed by atoms with E-state index >= 15 is 0 Å². The Bertz CT molecular complexity index is 375. The molecule has 1 aromatic heterocycles. The number of hydrogen-bond donors (Lipinski definition) is 0. The van der Waals surface area contributed by atoms with Crippen molar-refractivity contribution in [2.45, 2.75) is 71.1 Å². The van der Waals surface area contributed by atoms with Crippen LogP contribution in [0, 0.1) is 0 Å². The van der Waals surface area contributed by atoms with Gasteiger partial charge in [0, 0.05) is 25.5 Å². The highest BCUT2D eigenvalue weighted by molar-refractivity contribution is 5.81. The van der Waals surface area contributed by atoms with E-state index in [2.05, 4.69) is 18.5 Å². The van der Waals surface area contributed by atoms with Crippen molar-refractivity contribution in [2.75, 3.05) is 6.61 Å². The van der Waals surface area contributed by atoms with Crippen LogP contribution in [0.2, 0.25) is 0 Å². The number of rotatable bonds is 12. The van der Waals surface area contributed by atoms with Gasteiger partial charge in [-0.1, -0.05) is 71.3 Å². The number of aromatic nitrogens is 2. The van der Waals surface area contributed by atoms with E-state index in [0.29, 0.717) is 6.61 Å². The molecule has 0 radical (unpaired) electrons. The fraction of sp³-hybridized carbons (Fsp3) is 0.684. The first kappa shape index (κ1) is 21.4. The van der Waals surface area contributed by atoms with Crippen molar-refractivity contribution >= 4 is 5.97 Å². The third-order valence-corrected chi connectivity index (χ3v) is 3.55. The number of imidazole rings is 1. The van der Waals surface area contributed by atoms with Crippen molar-refractivity contribution in [3.63, 3.8) is 0 Å². The standard InChI is InChI=1S/C15H28O2.C4H6N2/c1-3-5-6-7-8-9-10-11-12-13-14-17-15(16)4-2;1-6-3-2-5-4-6/h4H,2-3,5-14H2,1H3;2-4H,1H3. The van der Waals surface area contributed by atoms with Crippen LogP contribution in [-0.2, 0) is 16.6 Å². The topological polar surface area (TPSA) is 44.1 Å². The van der Waals surface area contributed by atoms with Crippen LogP contribution >= 0.6 is 0 Å². The Kier molecular flexibility index (Phi) is 15.6. The number of hydrogen-bond acceptors (Lipinski definition) is 3. The molecule has 0 aliphatic heterocycles. The Balaban J connectivity index is 0.000000664. The third-order valence-electron chi connectivity index (χ3n) is 3.55. The zero-order valence-electron chi connectivity index (χ0n) is 15.0. The predicted octanol–water partition coefficient (Wildman–Crippen LogP) is 5.06. The summed E-state index contributed by atoms with van der Waals surface area (Å²) in [6.07, 6.45) is 19.6. The van der Waals surface area contributed by atoms with Gasteiger partial charge in [0.05, 0.1) is 12.9 Å². The highest BCUT2D eigenvalue weighted by Gasteiger charge is 1.95. The number of ether oxygens (including phenoxy) is 1. The van der Waals surface area contributed by atoms with Crippen LogP contribution in [-0.4, -0.2) is 22.1 Å². The molecule has 0 atom stereocenters. The highest BCUT2D eigenvalue weighted by atomic mass is 16.5. The van der Waals surface area contributed by atoms with Gasteiger partial charge >= 0.3 is 5.97 Å². The van der Waals surface area contributed by atoms with E-state index in [4.69, 9.17) is 4.74 Å². The van der Waals surface area contributed by atoms with Crippen LogP contribution < -0.4 is 0 Å². The van der Waals surface area contributed by atoms with Crippen LogP contribution in [0.4, 0.5) is 0 Å². The van der Waals surface area contributed by atoms with Crippen molar-refractivity contribution in [1.82, 2.24) is 9.55 Å². The van der Waals surface area contributed by atoms with Gasteiger partial charge in [0.25, 0.3) is 0 Å². The van der Waals surface area contributed by atoms with Gasteiger partial charge in [0.15, 0.2) is 0 Å². The van der Waals surface area contributed by atoms with Gasteiger partial charge in [0.2, 0.25) is 0 Å². The molecule has 0 spiro atoms. The molecule has 0 saturated heterocycles. The first-order valence-corrected chi connectivity index (χ1v) is 8.91. The van der Waals surface area contributed by atoms with Crippen molar-refractivity contribution in [3.05, 3.63) is 31.4 Å². The monoisotopic (exact) mass is 322 g/mol. The smallest absolute Gasteiger partial charge is 0.330 e. The van der Waals surface area contributed by atoms with Gasteiger partial charge < -0.3 is 9.30 Å². The molecule has 0 N–H and O–H groups in total. The van der Waals surface area contributed by atoms with E-state index in [1.807, 2.05) is 17.8 Å². The number of unbranched alkanes of at least 4 members (excludes halogenated alkanes) is 9. The van der Waals surface area contributed by atoms with Crippen LogP contribution in [0.3, 0.4) is 0 Å². The van der Waals surface area contributed by atoms with E-state index in [9.17, 15) is 4.79 Å². The zero-order chi connectivity index (χ0) is 17.2. The normalized spacial score (nSPS) is 9.83. The van der Waals surface area contributed by atoms with E-state index in [1.165, 1.54) is 63.9 Å². The summed E-state index contributed by atoms with van der Waals surface area (Å²) in [7, 11) is 1.94. The third kappa shape index (κ3) is 16.6. The lowest BCUT2D eigenvalue weighted by molar-refractivity contribution is -0.137. The second-order valence-electron chi connectivity index (χ2n) is 5.78. The zero-order valence-corrected chi connectivity index (χ0v) is 15.0. The minimum atomic E-state index is -0.305. The van der Waals surface area contributed by atoms with Gasteiger partial charge in [-0.25, -0.2) is 9.78 Å². The maximum Gasteiger partial charge on any atom is 0.330 e. The molecule has 0 aromatic carbocycles. The molecule has 1 aromatic rings. The van der Waals surface area contributed by atoms with Crippen molar-refractivity contribution in [1.29, 1.82) is 0 Å². The fourth-order valence-electron chi connectivity index (χ4n) is 2.15. The Morgan fingerprint density at radius 1 is 1.09 bits per heavy atom. The van der Waals surface area contributed by atoms with Gasteiger partial charge in [0.1, 0.15) is 0 Å². The first-order chi connectivity index (χ1) is 11.2. The molecule has 0 aliphatic carbocycles. The molecule has 1 heterocycles. The van der Waals surface area contributed by atoms with Crippen molar-refractivity contribution < 1.29 is 9.53 Å². The number of aryl methyl sites for hydroxylation is 1. The SMILES string of the molecule is C=CC(=O)OCCCCCCCCCCCC.Cn1ccnc1. The molecular weight excluding hydrogens is 288 g/mol. The van der Waals surface area contributed by atoms with Crippen LogP contribution in [0.5, 0.6) is 0 Å². The number of nitrogens with zero attached hydrogens (tertiary/aromatic N) is 2. The molecule has 0 unspecified atom stereocenters. The molecule has 4 nitrogen and oxygen atoms in total. The molecule has 1 rings (SSSR count). The molecule has 132 valence electrons. The summed E-state index contributed by atoms with van der Waals surface area (Å²) in [4.78, 5) is 14.5. The molecule has 4 heteroatoms. The quantitative estimate of drug-likeness (QED) is 0.307. The Morgan fingerprint density at radius 3 is 2.04 bits per heavy atom. The predicted molar refractivity (Wildman–Crippen MR) is 96.2 cm³/mol. The summed E-state index contributed by atoms with van der Waals surface area (Å²) in [5.41, 5.74) is 0. The molecule has 0 bridgehead atoms. The number of carbonyl (C=O) groups is 1. The second-order valence-corrected chi connectivity index (χ2v) is 5.78. The van der Waals surface area contributed by atoms with E-state index in [0.717, 1.165) is 6.42 Å². The molecule has 0 amide bonds. The second kappa shape index (κ2) is 16.8. The van der Waals surface area contributed by atoms with Gasteiger partial charge in [-0.2, -0.15) is 0 Å². The average molecular weight is 322 g/mol. The Labute approximate surface area is 142 Å². The van der Waals surface area contributed by atoms with E-state index < -0.39 is 0 Å². The molecule has 0 fully saturated rings. The summed E-state index contributed by atoms with van der Waals surface area (Å²) in [5.74, 6) is -0.305. The summed E-state index contributed by atoms with van der Waals surface area (Å²) in [6.45, 7) is 6.15. The summed E-state index contributed by atoms with van der Waals surface area (Å²) in [6, 6.07) is 0. The first-order valence-electron chi connectivity index (χ1n) is 8.91. The molecule has 23 heavy (non-hydrogen) atoms. The molecule has 0 aliphatic rings. The van der Waals surface area contributed by atoms with Gasteiger partial charge in [-0.05, 0) is 6.42 Å². The Morgan fingerprint density at radius 2 is 1.65 bits per heavy atom. The number of esters is 1. The van der Waals surface area contributed by atoms with Gasteiger partial charge in [-0.3, -0.25) is 0 Å². The van der Waals surface area contributed by atoms with Crippen LogP contribution in [0.15, 0.2) is 31.4 Å². The van der Waals surface area contributed by atoms with Crippen LogP contribution in [0.25, 0.3) is 0 Å². The minimum absolute atomic E-state index is 0.305. The van der Waals surface area contributed by atoms with E-state index in [-0.39, 0.29) is 5.97 Å². The molecule has 0 saturated carbocycles.